The Morgan fingerprint density at radius 2 is 1.98 bits per heavy atom. The Morgan fingerprint density at radius 1 is 1.23 bits per heavy atom. The number of amidine groups is 2. The van der Waals surface area contributed by atoms with Crippen LogP contribution in [0.15, 0.2) is 70.7 Å². The van der Waals surface area contributed by atoms with E-state index in [0.717, 1.165) is 46.1 Å². The van der Waals surface area contributed by atoms with Crippen molar-refractivity contribution in [3.63, 3.8) is 0 Å². The molecule has 7 N–H and O–H groups in total. The first kappa shape index (κ1) is 41.0. The number of hydrogen-bond donors (Lipinski definition) is 6. The molecule has 4 heterocycles. The number of pyridine rings is 1. The third-order valence-electron chi connectivity index (χ3n) is 11.0. The van der Waals surface area contributed by atoms with Crippen LogP contribution in [-0.2, 0) is 11.3 Å². The smallest absolute Gasteiger partial charge is 0.317 e. The van der Waals surface area contributed by atoms with E-state index in [2.05, 4.69) is 50.5 Å². The van der Waals surface area contributed by atoms with Crippen LogP contribution >= 0.6 is 23.3 Å². The SMILES string of the molecule is CC(=C/C(=N)N(C)C1=CC=C(c2cnn(CC34CC(C)CC(CC(C)C3)C4)c2C)/C(=C(/O)NSCCCN(C)CC(=O)O)N1)/C(N)=N/c1nc2cccnc2s1. The van der Waals surface area contributed by atoms with E-state index in [0.29, 0.717) is 46.4 Å². The zero-order chi connectivity index (χ0) is 40.1. The zero-order valence-electron chi connectivity index (χ0n) is 33.2. The summed E-state index contributed by atoms with van der Waals surface area (Å²) in [6.45, 7) is 10.2. The largest absolute Gasteiger partial charge is 0.493 e. The predicted molar refractivity (Wildman–Crippen MR) is 226 cm³/mol. The first-order valence-corrected chi connectivity index (χ1v) is 21.0. The Labute approximate surface area is 337 Å². The molecule has 2 saturated carbocycles. The average molecular weight is 802 g/mol. The molecule has 2 atom stereocenters. The lowest BCUT2D eigenvalue weighted by Gasteiger charge is -2.50. The molecular weight excluding hydrogens is 747 g/mol. The van der Waals surface area contributed by atoms with Gasteiger partial charge in [-0.25, -0.2) is 15.0 Å². The number of allylic oxidation sites excluding steroid dienone is 3. The maximum atomic E-state index is 11.6. The number of carboxylic acids is 1. The van der Waals surface area contributed by atoms with Crippen LogP contribution in [0.2, 0.25) is 0 Å². The second-order valence-corrected chi connectivity index (χ2v) is 17.8. The normalized spacial score (nSPS) is 23.7. The summed E-state index contributed by atoms with van der Waals surface area (Å²) in [7, 11) is 3.55. The number of hydrogen-bond acceptors (Lipinski definition) is 12. The highest BCUT2D eigenvalue weighted by Crippen LogP contribution is 2.53. The van der Waals surface area contributed by atoms with Crippen molar-refractivity contribution < 1.29 is 15.0 Å². The summed E-state index contributed by atoms with van der Waals surface area (Å²) < 4.78 is 5.26. The number of carboxylic acid groups (broad SMARTS) is 1. The van der Waals surface area contributed by atoms with E-state index in [9.17, 15) is 9.90 Å². The van der Waals surface area contributed by atoms with Crippen molar-refractivity contribution in [2.75, 3.05) is 32.9 Å². The van der Waals surface area contributed by atoms with Crippen LogP contribution in [0.25, 0.3) is 15.9 Å². The van der Waals surface area contributed by atoms with Gasteiger partial charge in [0.1, 0.15) is 33.5 Å². The first-order chi connectivity index (χ1) is 26.7. The Balaban J connectivity index is 1.23. The van der Waals surface area contributed by atoms with Crippen molar-refractivity contribution in [2.24, 2.45) is 33.9 Å². The molecule has 16 heteroatoms. The summed E-state index contributed by atoms with van der Waals surface area (Å²) in [4.78, 5) is 28.5. The van der Waals surface area contributed by atoms with Gasteiger partial charge >= 0.3 is 5.97 Å². The summed E-state index contributed by atoms with van der Waals surface area (Å²) in [5.41, 5.74) is 11.1. The maximum Gasteiger partial charge on any atom is 0.317 e. The number of nitrogens with two attached hydrogens (primary N) is 1. The second kappa shape index (κ2) is 17.6. The number of carbonyl (C=O) groups is 1. The molecule has 0 amide bonds. The molecule has 3 aromatic heterocycles. The standard InChI is InChI=1S/C40H55N11O3S2/c1-24-15-28-16-25(2)19-40(18-24,20-28)23-51-27(4)30(21-44-51)29-10-11-33(46-35(29)37(54)48-55-14-8-13-49(5)22-34(52)53)50(6)32(41)17-26(3)36(42)47-39-45-31-9-7-12-43-38(31)56-39/h7,9-12,17,21,24-25,28,41,46,48,54H,8,13-16,18-20,22-23H2,1-6H3,(H,52,53)(H2,42,45,47)/b26-17-,37-35-,41-32?. The van der Waals surface area contributed by atoms with E-state index >= 15 is 0 Å². The van der Waals surface area contributed by atoms with Gasteiger partial charge in [0, 0.05) is 42.4 Å². The number of aliphatic hydroxyl groups excluding tert-OH is 1. The van der Waals surface area contributed by atoms with Crippen LogP contribution in [0.3, 0.4) is 0 Å². The summed E-state index contributed by atoms with van der Waals surface area (Å²) >= 11 is 2.69. The topological polar surface area (TPSA) is 194 Å². The molecule has 2 fully saturated rings. The van der Waals surface area contributed by atoms with Crippen molar-refractivity contribution in [3.8, 4) is 0 Å². The first-order valence-electron chi connectivity index (χ1n) is 19.2. The van der Waals surface area contributed by atoms with E-state index in [-0.39, 0.29) is 29.5 Å². The quantitative estimate of drug-likeness (QED) is 0.0310. The predicted octanol–water partition coefficient (Wildman–Crippen LogP) is 6.79. The van der Waals surface area contributed by atoms with Crippen LogP contribution < -0.4 is 15.8 Å². The van der Waals surface area contributed by atoms with E-state index in [1.807, 2.05) is 30.5 Å². The molecule has 0 spiro atoms. The molecule has 56 heavy (non-hydrogen) atoms. The zero-order valence-corrected chi connectivity index (χ0v) is 34.8. The molecule has 1 aliphatic heterocycles. The highest BCUT2D eigenvalue weighted by Gasteiger charge is 2.44. The fraction of sp³-hybridized carbons (Fsp3) is 0.500. The summed E-state index contributed by atoms with van der Waals surface area (Å²) in [5, 5.41) is 38.4. The Bertz CT molecular complexity index is 2050. The van der Waals surface area contributed by atoms with Gasteiger partial charge in [-0.15, -0.1) is 0 Å². The maximum absolute atomic E-state index is 11.6. The fourth-order valence-electron chi connectivity index (χ4n) is 8.77. The van der Waals surface area contributed by atoms with Gasteiger partial charge in [-0.2, -0.15) is 5.10 Å². The molecular formula is C40H55N11O3S2. The van der Waals surface area contributed by atoms with Crippen molar-refractivity contribution in [3.05, 3.63) is 77.0 Å². The molecule has 6 rings (SSSR count). The van der Waals surface area contributed by atoms with Crippen molar-refractivity contribution in [2.45, 2.75) is 72.8 Å². The lowest BCUT2D eigenvalue weighted by Crippen LogP contribution is -2.42. The second-order valence-electron chi connectivity index (χ2n) is 16.0. The molecule has 0 saturated heterocycles. The number of aliphatic carboxylic acids is 1. The Morgan fingerprint density at radius 3 is 2.70 bits per heavy atom. The third kappa shape index (κ3) is 9.82. The summed E-state index contributed by atoms with van der Waals surface area (Å²) in [6.07, 6.45) is 16.2. The molecule has 0 aromatic carbocycles. The van der Waals surface area contributed by atoms with E-state index in [1.165, 1.54) is 55.4 Å². The number of rotatable bonds is 15. The van der Waals surface area contributed by atoms with Gasteiger partial charge in [0.2, 0.25) is 11.0 Å². The van der Waals surface area contributed by atoms with Crippen LogP contribution in [0.1, 0.15) is 70.6 Å². The molecule has 14 nitrogen and oxygen atoms in total. The minimum absolute atomic E-state index is 0.0230. The number of fused-ring (bicyclic) bond motifs is 3. The Kier molecular flexibility index (Phi) is 12.9. The number of aliphatic imine (C=N–C) groups is 1. The number of thiazole rings is 1. The van der Waals surface area contributed by atoms with Crippen LogP contribution in [0.4, 0.5) is 5.13 Å². The number of dihydropyridines is 1. The number of likely N-dealkylation sites (N-methyl/N-ethyl adjacent to an activating group) is 2. The highest BCUT2D eigenvalue weighted by atomic mass is 32.2. The van der Waals surface area contributed by atoms with Crippen LogP contribution in [-0.4, -0.2) is 90.3 Å². The van der Waals surface area contributed by atoms with Gasteiger partial charge in [0.25, 0.3) is 0 Å². The van der Waals surface area contributed by atoms with Crippen molar-refractivity contribution in [1.82, 2.24) is 39.6 Å². The average Bonchev–Trinajstić information content (AvgIpc) is 3.71. The molecule has 2 aliphatic carbocycles. The third-order valence-corrected chi connectivity index (χ3v) is 12.7. The molecule has 2 unspecified atom stereocenters. The molecule has 300 valence electrons. The summed E-state index contributed by atoms with van der Waals surface area (Å²) in [6, 6.07) is 3.70. The molecule has 2 bridgehead atoms. The Hall–Kier alpha value is -4.67. The lowest BCUT2D eigenvalue weighted by atomic mass is 9.57. The van der Waals surface area contributed by atoms with Crippen molar-refractivity contribution >= 4 is 62.0 Å². The van der Waals surface area contributed by atoms with Crippen molar-refractivity contribution in [1.29, 1.82) is 5.41 Å². The lowest BCUT2D eigenvalue weighted by molar-refractivity contribution is -0.137. The minimum atomic E-state index is -0.862. The van der Waals surface area contributed by atoms with E-state index in [4.69, 9.17) is 21.3 Å². The van der Waals surface area contributed by atoms with Gasteiger partial charge in [0.15, 0.2) is 0 Å². The summed E-state index contributed by atoms with van der Waals surface area (Å²) in [5.74, 6) is 2.91. The van der Waals surface area contributed by atoms with Gasteiger partial charge in [-0.1, -0.05) is 37.1 Å². The van der Waals surface area contributed by atoms with E-state index in [1.54, 1.807) is 43.1 Å². The fourth-order valence-corrected chi connectivity index (χ4v) is 10.2. The number of aliphatic hydroxyl groups is 1. The van der Waals surface area contributed by atoms with Gasteiger partial charge in [0.05, 0.1) is 12.7 Å². The van der Waals surface area contributed by atoms with Gasteiger partial charge in [-0.3, -0.25) is 24.5 Å². The van der Waals surface area contributed by atoms with Crippen LogP contribution in [0.5, 0.6) is 0 Å². The molecule has 3 aliphatic rings. The van der Waals surface area contributed by atoms with Gasteiger partial charge < -0.3 is 26.2 Å². The highest BCUT2D eigenvalue weighted by molar-refractivity contribution is 7.97. The minimum Gasteiger partial charge on any atom is -0.493 e. The number of nitrogens with one attached hydrogen (secondary N) is 3. The van der Waals surface area contributed by atoms with Crippen LogP contribution in [0, 0.1) is 35.5 Å². The number of aromatic nitrogens is 4. The molecule has 3 aromatic rings. The van der Waals surface area contributed by atoms with E-state index < -0.39 is 5.97 Å². The van der Waals surface area contributed by atoms with Gasteiger partial charge in [-0.05, 0) is 125 Å². The molecule has 0 radical (unpaired) electrons. The number of nitrogens with zero attached hydrogens (tertiary/aromatic N) is 7. The monoisotopic (exact) mass is 801 g/mol.